The van der Waals surface area contributed by atoms with Crippen LogP contribution in [0.4, 0.5) is 22.0 Å². The second-order valence-corrected chi connectivity index (χ2v) is 4.51. The SMILES string of the molecule is FC(F)c1nc(C(F)(F)F)cc(I)c1CBr. The Bertz CT molecular complexity index is 393. The van der Waals surface area contributed by atoms with Crippen LogP contribution in [0.3, 0.4) is 0 Å². The lowest BCUT2D eigenvalue weighted by Crippen LogP contribution is -2.12. The molecular weight excluding hydrogens is 412 g/mol. The molecule has 1 heterocycles. The summed E-state index contributed by atoms with van der Waals surface area (Å²) in [6.07, 6.45) is -7.74. The molecule has 8 heteroatoms. The summed E-state index contributed by atoms with van der Waals surface area (Å²) in [7, 11) is 0. The average Bonchev–Trinajstić information content (AvgIpc) is 2.14. The van der Waals surface area contributed by atoms with Crippen LogP contribution >= 0.6 is 38.5 Å². The Kier molecular flexibility index (Phi) is 4.49. The fourth-order valence-electron chi connectivity index (χ4n) is 1.02. The van der Waals surface area contributed by atoms with Crippen LogP contribution in [-0.2, 0) is 11.5 Å². The summed E-state index contributed by atoms with van der Waals surface area (Å²) in [5.74, 6) is 0. The van der Waals surface area contributed by atoms with Crippen molar-refractivity contribution in [3.05, 3.63) is 26.6 Å². The third kappa shape index (κ3) is 3.02. The van der Waals surface area contributed by atoms with Crippen molar-refractivity contribution in [1.82, 2.24) is 4.98 Å². The number of nitrogens with zero attached hydrogens (tertiary/aromatic N) is 1. The van der Waals surface area contributed by atoms with Gasteiger partial charge in [0.25, 0.3) is 6.43 Å². The zero-order valence-corrected chi connectivity index (χ0v) is 11.2. The standard InChI is InChI=1S/C8H4BrF5IN/c9-2-3-4(15)1-5(8(12,13)14)16-6(3)7(10)11/h1,7H,2H2. The van der Waals surface area contributed by atoms with E-state index < -0.39 is 24.0 Å². The molecule has 0 atom stereocenters. The molecule has 0 aromatic carbocycles. The first-order valence-corrected chi connectivity index (χ1v) is 6.08. The Morgan fingerprint density at radius 1 is 1.38 bits per heavy atom. The molecule has 0 amide bonds. The lowest BCUT2D eigenvalue weighted by molar-refractivity contribution is -0.141. The summed E-state index contributed by atoms with van der Waals surface area (Å²) in [6.45, 7) is 0. The molecule has 0 unspecified atom stereocenters. The Morgan fingerprint density at radius 3 is 2.31 bits per heavy atom. The molecule has 0 saturated carbocycles. The van der Waals surface area contributed by atoms with E-state index >= 15 is 0 Å². The molecule has 0 aliphatic carbocycles. The first-order chi connectivity index (χ1) is 7.27. The van der Waals surface area contributed by atoms with Gasteiger partial charge in [0.15, 0.2) is 0 Å². The summed E-state index contributed by atoms with van der Waals surface area (Å²) in [4.78, 5) is 2.97. The fraction of sp³-hybridized carbons (Fsp3) is 0.375. The first-order valence-electron chi connectivity index (χ1n) is 3.88. The second-order valence-electron chi connectivity index (χ2n) is 2.79. The predicted octanol–water partition coefficient (Wildman–Crippen LogP) is 4.54. The van der Waals surface area contributed by atoms with Crippen molar-refractivity contribution in [2.75, 3.05) is 0 Å². The maximum Gasteiger partial charge on any atom is 0.433 e. The molecule has 16 heavy (non-hydrogen) atoms. The van der Waals surface area contributed by atoms with Gasteiger partial charge in [0, 0.05) is 14.5 Å². The van der Waals surface area contributed by atoms with Crippen molar-refractivity contribution in [2.24, 2.45) is 0 Å². The molecule has 90 valence electrons. The van der Waals surface area contributed by atoms with Crippen LogP contribution in [0.25, 0.3) is 0 Å². The lowest BCUT2D eigenvalue weighted by Gasteiger charge is -2.12. The summed E-state index contributed by atoms with van der Waals surface area (Å²) in [6, 6.07) is 0.753. The van der Waals surface area contributed by atoms with E-state index in [4.69, 9.17) is 0 Å². The van der Waals surface area contributed by atoms with Crippen LogP contribution in [0.15, 0.2) is 6.07 Å². The average molecular weight is 416 g/mol. The minimum Gasteiger partial charge on any atom is -0.242 e. The zero-order chi connectivity index (χ0) is 12.5. The monoisotopic (exact) mass is 415 g/mol. The predicted molar refractivity (Wildman–Crippen MR) is 59.5 cm³/mol. The second kappa shape index (κ2) is 5.11. The van der Waals surface area contributed by atoms with Crippen molar-refractivity contribution in [1.29, 1.82) is 0 Å². The van der Waals surface area contributed by atoms with Gasteiger partial charge in [-0.15, -0.1) is 0 Å². The number of aromatic nitrogens is 1. The molecule has 0 aliphatic heterocycles. The zero-order valence-electron chi connectivity index (χ0n) is 7.45. The van der Waals surface area contributed by atoms with E-state index in [9.17, 15) is 22.0 Å². The van der Waals surface area contributed by atoms with Gasteiger partial charge >= 0.3 is 6.18 Å². The third-order valence-corrected chi connectivity index (χ3v) is 3.26. The highest BCUT2D eigenvalue weighted by Crippen LogP contribution is 2.33. The molecule has 1 rings (SSSR count). The van der Waals surface area contributed by atoms with Gasteiger partial charge in [0.05, 0.1) is 0 Å². The Labute approximate surface area is 110 Å². The number of halogens is 7. The van der Waals surface area contributed by atoms with Gasteiger partial charge in [-0.05, 0) is 28.7 Å². The van der Waals surface area contributed by atoms with E-state index in [-0.39, 0.29) is 14.5 Å². The topological polar surface area (TPSA) is 12.9 Å². The van der Waals surface area contributed by atoms with E-state index in [1.165, 1.54) is 0 Å². The van der Waals surface area contributed by atoms with Gasteiger partial charge < -0.3 is 0 Å². The van der Waals surface area contributed by atoms with Gasteiger partial charge in [0.2, 0.25) is 0 Å². The van der Waals surface area contributed by atoms with E-state index in [0.29, 0.717) is 0 Å². The van der Waals surface area contributed by atoms with Crippen molar-refractivity contribution >= 4 is 38.5 Å². The van der Waals surface area contributed by atoms with Crippen LogP contribution < -0.4 is 0 Å². The molecule has 0 N–H and O–H groups in total. The van der Waals surface area contributed by atoms with E-state index in [1.807, 2.05) is 0 Å². The quantitative estimate of drug-likeness (QED) is 0.392. The molecule has 0 aliphatic rings. The summed E-state index contributed by atoms with van der Waals surface area (Å²) in [5.41, 5.74) is -2.03. The summed E-state index contributed by atoms with van der Waals surface area (Å²) >= 11 is 4.52. The number of hydrogen-bond donors (Lipinski definition) is 0. The van der Waals surface area contributed by atoms with Gasteiger partial charge in [-0.2, -0.15) is 13.2 Å². The number of pyridine rings is 1. The molecule has 0 spiro atoms. The Hall–Kier alpha value is 0.01000. The molecule has 1 aromatic heterocycles. The number of hydrogen-bond acceptors (Lipinski definition) is 1. The van der Waals surface area contributed by atoms with Crippen LogP contribution in [-0.4, -0.2) is 4.98 Å². The highest BCUT2D eigenvalue weighted by molar-refractivity contribution is 14.1. The maximum atomic E-state index is 12.5. The maximum absolute atomic E-state index is 12.5. The van der Waals surface area contributed by atoms with Crippen molar-refractivity contribution < 1.29 is 22.0 Å². The van der Waals surface area contributed by atoms with E-state index in [2.05, 4.69) is 20.9 Å². The highest BCUT2D eigenvalue weighted by atomic mass is 127. The van der Waals surface area contributed by atoms with Gasteiger partial charge in [0.1, 0.15) is 11.4 Å². The van der Waals surface area contributed by atoms with Crippen molar-refractivity contribution in [3.63, 3.8) is 0 Å². The summed E-state index contributed by atoms with van der Waals surface area (Å²) < 4.78 is 62.1. The Morgan fingerprint density at radius 2 is 1.94 bits per heavy atom. The first kappa shape index (κ1) is 14.1. The number of rotatable bonds is 2. The van der Waals surface area contributed by atoms with Gasteiger partial charge in [-0.3, -0.25) is 0 Å². The molecule has 1 nitrogen and oxygen atoms in total. The molecule has 0 bridgehead atoms. The normalized spacial score (nSPS) is 12.2. The summed E-state index contributed by atoms with van der Waals surface area (Å²) in [5, 5.41) is 0.0378. The Balaban J connectivity index is 3.40. The third-order valence-electron chi connectivity index (χ3n) is 1.73. The molecule has 0 radical (unpaired) electrons. The highest BCUT2D eigenvalue weighted by Gasteiger charge is 2.34. The van der Waals surface area contributed by atoms with Crippen LogP contribution in [0.2, 0.25) is 0 Å². The molecule has 1 aromatic rings. The number of alkyl halides is 6. The fourth-order valence-corrected chi connectivity index (χ4v) is 2.89. The van der Waals surface area contributed by atoms with Crippen LogP contribution in [0, 0.1) is 3.57 Å². The van der Waals surface area contributed by atoms with Crippen molar-refractivity contribution in [3.8, 4) is 0 Å². The van der Waals surface area contributed by atoms with Crippen molar-refractivity contribution in [2.45, 2.75) is 17.9 Å². The van der Waals surface area contributed by atoms with E-state index in [1.54, 1.807) is 22.6 Å². The molecule has 0 saturated heterocycles. The van der Waals surface area contributed by atoms with Crippen LogP contribution in [0.5, 0.6) is 0 Å². The van der Waals surface area contributed by atoms with Gasteiger partial charge in [-0.1, -0.05) is 15.9 Å². The molecule has 0 fully saturated rings. The van der Waals surface area contributed by atoms with Crippen LogP contribution in [0.1, 0.15) is 23.4 Å². The van der Waals surface area contributed by atoms with Gasteiger partial charge in [-0.25, -0.2) is 13.8 Å². The lowest BCUT2D eigenvalue weighted by atomic mass is 10.2. The van der Waals surface area contributed by atoms with E-state index in [0.717, 1.165) is 6.07 Å². The largest absolute Gasteiger partial charge is 0.433 e. The molecular formula is C8H4BrF5IN. The minimum absolute atomic E-state index is 0.0378. The minimum atomic E-state index is -4.71. The smallest absolute Gasteiger partial charge is 0.242 e.